The quantitative estimate of drug-likeness (QED) is 0.476. The summed E-state index contributed by atoms with van der Waals surface area (Å²) in [6.45, 7) is 3.01. The van der Waals surface area contributed by atoms with Crippen LogP contribution in [0.4, 0.5) is 0 Å². The van der Waals surface area contributed by atoms with Crippen molar-refractivity contribution >= 4 is 5.97 Å². The zero-order valence-electron chi connectivity index (χ0n) is 3.63. The van der Waals surface area contributed by atoms with Gasteiger partial charge in [0.1, 0.15) is 0 Å². The second kappa shape index (κ2) is 2.36. The van der Waals surface area contributed by atoms with Crippen molar-refractivity contribution in [3.05, 3.63) is 12.7 Å². The van der Waals surface area contributed by atoms with Crippen LogP contribution in [0.3, 0.4) is 0 Å². The molecule has 0 heterocycles. The van der Waals surface area contributed by atoms with E-state index < -0.39 is 12.1 Å². The molecule has 0 rings (SSSR count). The number of aliphatic hydroxyl groups is 1. The first-order chi connectivity index (χ1) is 3.18. The zero-order valence-corrected chi connectivity index (χ0v) is 3.63. The van der Waals surface area contributed by atoms with Crippen LogP contribution in [0.25, 0.3) is 0 Å². The third kappa shape index (κ3) is 1.94. The van der Waals surface area contributed by atoms with Crippen molar-refractivity contribution in [1.29, 1.82) is 0 Å². The number of hydrogen-bond acceptors (Lipinski definition) is 2. The number of carbonyl (C=O) groups excluding carboxylic acids is 1. The predicted octanol–water partition coefficient (Wildman–Crippen LogP) is -0.510. The molecule has 3 nitrogen and oxygen atoms in total. The first-order valence-corrected chi connectivity index (χ1v) is 1.70. The maximum atomic E-state index is 9.50. The second-order valence-corrected chi connectivity index (χ2v) is 1.000. The Morgan fingerprint density at radius 1 is 1.86 bits per heavy atom. The van der Waals surface area contributed by atoms with E-state index in [1.807, 2.05) is 0 Å². The molecule has 0 amide bonds. The largest absolute Gasteiger partial charge is 0.387 e. The van der Waals surface area contributed by atoms with Crippen LogP contribution in [0.5, 0.6) is 0 Å². The van der Waals surface area contributed by atoms with Crippen LogP contribution >= 0.6 is 0 Å². The van der Waals surface area contributed by atoms with E-state index in [2.05, 4.69) is 6.58 Å². The van der Waals surface area contributed by atoms with Gasteiger partial charge in [-0.1, -0.05) is 12.7 Å². The smallest absolute Gasteiger partial charge is 0.377 e. The molecule has 0 aromatic carbocycles. The van der Waals surface area contributed by atoms with E-state index in [1.165, 1.54) is 0 Å². The Hall–Kier alpha value is -0.830. The molecule has 0 aromatic rings. The fourth-order valence-corrected chi connectivity index (χ4v) is 0.0962. The molecule has 1 atom stereocenters. The normalized spacial score (nSPS) is 12.7. The first-order valence-electron chi connectivity index (χ1n) is 1.70. The molecule has 7 heavy (non-hydrogen) atoms. The van der Waals surface area contributed by atoms with Gasteiger partial charge in [0.15, 0.2) is 6.10 Å². The van der Waals surface area contributed by atoms with Crippen LogP contribution in [-0.4, -0.2) is 17.2 Å². The Balaban J connectivity index is 3.55. The van der Waals surface area contributed by atoms with Crippen molar-refractivity contribution in [2.75, 3.05) is 0 Å². The summed E-state index contributed by atoms with van der Waals surface area (Å²) in [7, 11) is 0. The van der Waals surface area contributed by atoms with Gasteiger partial charge in [0.2, 0.25) is 0 Å². The molecule has 0 aliphatic carbocycles. The maximum absolute atomic E-state index is 9.50. The SMILES string of the molecule is C=CC(O)C([O])=O. The number of carbonyl (C=O) groups is 1. The Labute approximate surface area is 40.9 Å². The highest BCUT2D eigenvalue weighted by Gasteiger charge is 2.08. The zero-order chi connectivity index (χ0) is 5.86. The molecule has 0 aliphatic rings. The lowest BCUT2D eigenvalue weighted by Gasteiger charge is -1.88. The van der Waals surface area contributed by atoms with Gasteiger partial charge >= 0.3 is 5.97 Å². The highest BCUT2D eigenvalue weighted by molar-refractivity contribution is 5.73. The summed E-state index contributed by atoms with van der Waals surface area (Å²) < 4.78 is 0. The average molecular weight is 101 g/mol. The third-order valence-corrected chi connectivity index (χ3v) is 0.465. The number of aliphatic hydroxyl groups excluding tert-OH is 1. The van der Waals surface area contributed by atoms with Crippen molar-refractivity contribution in [3.8, 4) is 0 Å². The van der Waals surface area contributed by atoms with Gasteiger partial charge in [-0.3, -0.25) is 0 Å². The summed E-state index contributed by atoms with van der Waals surface area (Å²) in [6.07, 6.45) is -0.644. The lowest BCUT2D eigenvalue weighted by Crippen LogP contribution is -2.13. The van der Waals surface area contributed by atoms with Crippen LogP contribution in [0.15, 0.2) is 12.7 Å². The molecule has 1 N–H and O–H groups in total. The second-order valence-electron chi connectivity index (χ2n) is 1.000. The van der Waals surface area contributed by atoms with Gasteiger partial charge in [-0.15, -0.1) is 0 Å². The van der Waals surface area contributed by atoms with Gasteiger partial charge in [0, 0.05) is 0 Å². The van der Waals surface area contributed by atoms with E-state index in [1.54, 1.807) is 0 Å². The molecular weight excluding hydrogens is 96.0 g/mol. The molecule has 0 aromatic heterocycles. The van der Waals surface area contributed by atoms with Crippen LogP contribution in [-0.2, 0) is 9.90 Å². The monoisotopic (exact) mass is 101 g/mol. The van der Waals surface area contributed by atoms with E-state index >= 15 is 0 Å². The molecule has 0 fully saturated rings. The summed E-state index contributed by atoms with van der Waals surface area (Å²) >= 11 is 0. The van der Waals surface area contributed by atoms with Crippen molar-refractivity contribution in [2.45, 2.75) is 6.10 Å². The molecular formula is C4H5O3. The van der Waals surface area contributed by atoms with Gasteiger partial charge in [0.05, 0.1) is 0 Å². The maximum Gasteiger partial charge on any atom is 0.387 e. The lowest BCUT2D eigenvalue weighted by atomic mass is 10.4. The summed E-state index contributed by atoms with van der Waals surface area (Å²) in [4.78, 5) is 9.50. The Bertz CT molecular complexity index is 86.9. The molecule has 0 aliphatic heterocycles. The molecule has 0 saturated heterocycles. The van der Waals surface area contributed by atoms with Gasteiger partial charge < -0.3 is 5.11 Å². The topological polar surface area (TPSA) is 57.2 Å². The standard InChI is InChI=1S/C4H5O3/c1-2-3(5)4(6)7/h2-3,5H,1H2. The average Bonchev–Trinajstić information content (AvgIpc) is 1.65. The third-order valence-electron chi connectivity index (χ3n) is 0.465. The molecule has 3 heteroatoms. The number of hydrogen-bond donors (Lipinski definition) is 1. The Morgan fingerprint density at radius 3 is 2.29 bits per heavy atom. The van der Waals surface area contributed by atoms with Crippen LogP contribution in [0, 0.1) is 0 Å². The van der Waals surface area contributed by atoms with E-state index in [9.17, 15) is 9.90 Å². The summed E-state index contributed by atoms with van der Waals surface area (Å²) in [6, 6.07) is 0. The highest BCUT2D eigenvalue weighted by atomic mass is 16.4. The summed E-state index contributed by atoms with van der Waals surface area (Å²) in [5.74, 6) is -1.52. The first kappa shape index (κ1) is 6.17. The number of rotatable bonds is 2. The molecule has 0 spiro atoms. The fraction of sp³-hybridized carbons (Fsp3) is 0.250. The van der Waals surface area contributed by atoms with Crippen molar-refractivity contribution in [1.82, 2.24) is 0 Å². The van der Waals surface area contributed by atoms with E-state index in [0.717, 1.165) is 6.08 Å². The lowest BCUT2D eigenvalue weighted by molar-refractivity contribution is -0.150. The summed E-state index contributed by atoms with van der Waals surface area (Å²) in [5, 5.41) is 17.7. The minimum atomic E-state index is -1.53. The van der Waals surface area contributed by atoms with Crippen LogP contribution in [0.2, 0.25) is 0 Å². The van der Waals surface area contributed by atoms with Crippen LogP contribution < -0.4 is 0 Å². The van der Waals surface area contributed by atoms with Gasteiger partial charge in [-0.2, -0.15) is 0 Å². The molecule has 1 radical (unpaired) electrons. The van der Waals surface area contributed by atoms with E-state index in [0.29, 0.717) is 0 Å². The Morgan fingerprint density at radius 2 is 2.29 bits per heavy atom. The van der Waals surface area contributed by atoms with Gasteiger partial charge in [0.25, 0.3) is 0 Å². The minimum absolute atomic E-state index is 0.884. The minimum Gasteiger partial charge on any atom is -0.377 e. The van der Waals surface area contributed by atoms with Crippen molar-refractivity contribution in [2.24, 2.45) is 0 Å². The van der Waals surface area contributed by atoms with Crippen molar-refractivity contribution < 1.29 is 15.0 Å². The van der Waals surface area contributed by atoms with E-state index in [4.69, 9.17) is 5.11 Å². The van der Waals surface area contributed by atoms with E-state index in [-0.39, 0.29) is 0 Å². The molecule has 0 bridgehead atoms. The molecule has 0 saturated carbocycles. The van der Waals surface area contributed by atoms with Gasteiger partial charge in [-0.25, -0.2) is 9.90 Å². The Kier molecular flexibility index (Phi) is 2.08. The molecule has 39 valence electrons. The predicted molar refractivity (Wildman–Crippen MR) is 21.9 cm³/mol. The van der Waals surface area contributed by atoms with Crippen molar-refractivity contribution in [3.63, 3.8) is 0 Å². The summed E-state index contributed by atoms with van der Waals surface area (Å²) in [5.41, 5.74) is 0. The highest BCUT2D eigenvalue weighted by Crippen LogP contribution is 1.80. The van der Waals surface area contributed by atoms with Crippen LogP contribution in [0.1, 0.15) is 0 Å². The fourth-order valence-electron chi connectivity index (χ4n) is 0.0962. The molecule has 1 unspecified atom stereocenters. The van der Waals surface area contributed by atoms with Gasteiger partial charge in [-0.05, 0) is 0 Å².